The second-order valence-corrected chi connectivity index (χ2v) is 5.47. The van der Waals surface area contributed by atoms with E-state index in [9.17, 15) is 13.9 Å². The lowest BCUT2D eigenvalue weighted by Gasteiger charge is -2.25. The fourth-order valence-corrected chi connectivity index (χ4v) is 3.08. The molecule has 0 saturated carbocycles. The number of hydrogen-bond donors (Lipinski definition) is 1. The Morgan fingerprint density at radius 3 is 2.33 bits per heavy atom. The summed E-state index contributed by atoms with van der Waals surface area (Å²) in [4.78, 5) is 0.561. The number of halogens is 2. The van der Waals surface area contributed by atoms with Gasteiger partial charge in [-0.1, -0.05) is 6.07 Å². The van der Waals surface area contributed by atoms with Crippen LogP contribution in [0.25, 0.3) is 0 Å². The van der Waals surface area contributed by atoms with Crippen LogP contribution >= 0.6 is 11.3 Å². The zero-order chi connectivity index (χ0) is 13.5. The zero-order valence-corrected chi connectivity index (χ0v) is 11.2. The maximum absolute atomic E-state index is 14.1. The molecule has 0 aliphatic rings. The van der Waals surface area contributed by atoms with Gasteiger partial charge in [-0.15, -0.1) is 11.3 Å². The second kappa shape index (κ2) is 4.44. The van der Waals surface area contributed by atoms with Gasteiger partial charge >= 0.3 is 0 Å². The van der Waals surface area contributed by atoms with E-state index in [4.69, 9.17) is 0 Å². The summed E-state index contributed by atoms with van der Waals surface area (Å²) in [6.45, 7) is 4.79. The Morgan fingerprint density at radius 2 is 1.78 bits per heavy atom. The summed E-state index contributed by atoms with van der Waals surface area (Å²) in [6.07, 6.45) is 0. The lowest BCUT2D eigenvalue weighted by Crippen LogP contribution is -2.26. The van der Waals surface area contributed by atoms with Gasteiger partial charge in [-0.25, -0.2) is 8.78 Å². The predicted molar refractivity (Wildman–Crippen MR) is 68.8 cm³/mol. The van der Waals surface area contributed by atoms with Gasteiger partial charge in [0.1, 0.15) is 17.2 Å². The smallest absolute Gasteiger partial charge is 0.135 e. The highest BCUT2D eigenvalue weighted by Crippen LogP contribution is 2.38. The van der Waals surface area contributed by atoms with Crippen LogP contribution in [-0.4, -0.2) is 5.11 Å². The van der Waals surface area contributed by atoms with E-state index in [0.717, 1.165) is 5.56 Å². The summed E-state index contributed by atoms with van der Waals surface area (Å²) in [7, 11) is 0. The van der Waals surface area contributed by atoms with E-state index in [2.05, 4.69) is 0 Å². The van der Waals surface area contributed by atoms with E-state index in [1.54, 1.807) is 12.3 Å². The first-order valence-corrected chi connectivity index (χ1v) is 6.45. The standard InChI is InChI=1S/C14H14F2OS/c1-8-4-5-10(15)11(12(8)16)14(3,17)13-9(2)6-7-18-13/h4-7,17H,1-3H3. The molecule has 0 fully saturated rings. The zero-order valence-electron chi connectivity index (χ0n) is 10.4. The topological polar surface area (TPSA) is 20.2 Å². The molecule has 0 aliphatic heterocycles. The van der Waals surface area contributed by atoms with Crippen molar-refractivity contribution in [1.29, 1.82) is 0 Å². The van der Waals surface area contributed by atoms with Crippen LogP contribution in [0, 0.1) is 25.5 Å². The molecule has 1 nitrogen and oxygen atoms in total. The summed E-state index contributed by atoms with van der Waals surface area (Å²) in [6, 6.07) is 4.37. The van der Waals surface area contributed by atoms with Gasteiger partial charge in [0, 0.05) is 4.88 Å². The van der Waals surface area contributed by atoms with Gasteiger partial charge in [0.25, 0.3) is 0 Å². The van der Waals surface area contributed by atoms with Crippen molar-refractivity contribution in [1.82, 2.24) is 0 Å². The van der Waals surface area contributed by atoms with E-state index >= 15 is 0 Å². The number of hydrogen-bond acceptors (Lipinski definition) is 2. The molecular formula is C14H14F2OS. The minimum atomic E-state index is -1.65. The average Bonchev–Trinajstić information content (AvgIpc) is 2.71. The van der Waals surface area contributed by atoms with Crippen LogP contribution in [0.2, 0.25) is 0 Å². The van der Waals surface area contributed by atoms with Gasteiger partial charge in [-0.05, 0) is 49.4 Å². The lowest BCUT2D eigenvalue weighted by atomic mass is 9.90. The van der Waals surface area contributed by atoms with Gasteiger partial charge in [0.05, 0.1) is 5.56 Å². The Bertz CT molecular complexity index is 587. The molecule has 2 rings (SSSR count). The van der Waals surface area contributed by atoms with Gasteiger partial charge in [-0.2, -0.15) is 0 Å². The Labute approximate surface area is 109 Å². The largest absolute Gasteiger partial charge is 0.380 e. The van der Waals surface area contributed by atoms with Crippen LogP contribution in [0.15, 0.2) is 23.6 Å². The van der Waals surface area contributed by atoms with Crippen LogP contribution in [0.4, 0.5) is 8.78 Å². The molecule has 0 amide bonds. The van der Waals surface area contributed by atoms with Crippen molar-refractivity contribution < 1.29 is 13.9 Å². The van der Waals surface area contributed by atoms with Gasteiger partial charge in [0.2, 0.25) is 0 Å². The van der Waals surface area contributed by atoms with Crippen LogP contribution < -0.4 is 0 Å². The van der Waals surface area contributed by atoms with E-state index in [-0.39, 0.29) is 5.56 Å². The monoisotopic (exact) mass is 268 g/mol. The third kappa shape index (κ3) is 1.95. The van der Waals surface area contributed by atoms with E-state index < -0.39 is 17.2 Å². The number of benzene rings is 1. The minimum Gasteiger partial charge on any atom is -0.380 e. The Kier molecular flexibility index (Phi) is 3.25. The summed E-state index contributed by atoms with van der Waals surface area (Å²) in [5.41, 5.74) is -0.794. The van der Waals surface area contributed by atoms with Crippen molar-refractivity contribution in [2.75, 3.05) is 0 Å². The second-order valence-electron chi connectivity index (χ2n) is 4.56. The first-order valence-electron chi connectivity index (χ1n) is 5.57. The number of thiophene rings is 1. The average molecular weight is 268 g/mol. The van der Waals surface area contributed by atoms with Gasteiger partial charge < -0.3 is 5.11 Å². The number of aliphatic hydroxyl groups is 1. The summed E-state index contributed by atoms with van der Waals surface area (Å²) in [5.74, 6) is -1.41. The van der Waals surface area contributed by atoms with Crippen LogP contribution in [0.3, 0.4) is 0 Å². The summed E-state index contributed by atoms with van der Waals surface area (Å²) < 4.78 is 27.9. The molecule has 1 unspecified atom stereocenters. The minimum absolute atomic E-state index is 0.284. The van der Waals surface area contributed by atoms with Crippen LogP contribution in [0.5, 0.6) is 0 Å². The van der Waals surface area contributed by atoms with E-state index in [1.165, 1.54) is 30.4 Å². The molecule has 0 saturated heterocycles. The van der Waals surface area contributed by atoms with E-state index in [1.807, 2.05) is 13.0 Å². The van der Waals surface area contributed by atoms with Gasteiger partial charge in [-0.3, -0.25) is 0 Å². The number of aryl methyl sites for hydroxylation is 2. The highest BCUT2D eigenvalue weighted by Gasteiger charge is 2.34. The molecule has 96 valence electrons. The van der Waals surface area contributed by atoms with Crippen LogP contribution in [0.1, 0.15) is 28.5 Å². The van der Waals surface area contributed by atoms with Crippen molar-refractivity contribution in [3.05, 3.63) is 56.8 Å². The van der Waals surface area contributed by atoms with Crippen molar-refractivity contribution in [3.63, 3.8) is 0 Å². The maximum Gasteiger partial charge on any atom is 0.135 e. The molecule has 1 aromatic carbocycles. The third-order valence-electron chi connectivity index (χ3n) is 3.08. The van der Waals surface area contributed by atoms with Gasteiger partial charge in [0.15, 0.2) is 0 Å². The molecule has 1 N–H and O–H groups in total. The quantitative estimate of drug-likeness (QED) is 0.875. The summed E-state index contributed by atoms with van der Waals surface area (Å²) in [5, 5.41) is 12.3. The highest BCUT2D eigenvalue weighted by atomic mass is 32.1. The lowest BCUT2D eigenvalue weighted by molar-refractivity contribution is 0.0965. The molecule has 2 aromatic rings. The molecule has 0 radical (unpaired) electrons. The first-order chi connectivity index (χ1) is 8.35. The fourth-order valence-electron chi connectivity index (χ4n) is 2.09. The summed E-state index contributed by atoms with van der Waals surface area (Å²) >= 11 is 1.29. The predicted octanol–water partition coefficient (Wildman–Crippen LogP) is 3.90. The molecule has 0 aliphatic carbocycles. The molecular weight excluding hydrogens is 254 g/mol. The normalized spacial score (nSPS) is 14.6. The fraction of sp³-hybridized carbons (Fsp3) is 0.286. The molecule has 18 heavy (non-hydrogen) atoms. The SMILES string of the molecule is Cc1ccsc1C(C)(O)c1c(F)ccc(C)c1F. The number of rotatable bonds is 2. The highest BCUT2D eigenvalue weighted by molar-refractivity contribution is 7.10. The molecule has 4 heteroatoms. The Hall–Kier alpha value is -1.26. The Balaban J connectivity index is 2.68. The van der Waals surface area contributed by atoms with Crippen molar-refractivity contribution in [2.24, 2.45) is 0 Å². The van der Waals surface area contributed by atoms with Crippen molar-refractivity contribution >= 4 is 11.3 Å². The van der Waals surface area contributed by atoms with Crippen molar-refractivity contribution in [2.45, 2.75) is 26.4 Å². The molecule has 1 aromatic heterocycles. The van der Waals surface area contributed by atoms with Crippen LogP contribution in [-0.2, 0) is 5.60 Å². The Morgan fingerprint density at radius 1 is 1.11 bits per heavy atom. The maximum atomic E-state index is 14.1. The molecule has 0 bridgehead atoms. The molecule has 1 heterocycles. The third-order valence-corrected chi connectivity index (χ3v) is 4.30. The van der Waals surface area contributed by atoms with Crippen molar-refractivity contribution in [3.8, 4) is 0 Å². The molecule has 1 atom stereocenters. The molecule has 0 spiro atoms. The first kappa shape index (κ1) is 13.2. The van der Waals surface area contributed by atoms with E-state index in [0.29, 0.717) is 10.4 Å².